The molecule has 3 unspecified atom stereocenters. The predicted octanol–water partition coefficient (Wildman–Crippen LogP) is 1.15. The van der Waals surface area contributed by atoms with Gasteiger partial charge in [0.15, 0.2) is 5.78 Å². The lowest BCUT2D eigenvalue weighted by atomic mass is 9.96. The molecule has 2 rings (SSSR count). The van der Waals surface area contributed by atoms with Crippen LogP contribution in [0.15, 0.2) is 24.3 Å². The molecule has 0 bridgehead atoms. The number of ketones is 1. The lowest BCUT2D eigenvalue weighted by Gasteiger charge is -2.15. The zero-order chi connectivity index (χ0) is 16.1. The van der Waals surface area contributed by atoms with Crippen molar-refractivity contribution < 1.29 is 19.1 Å². The quantitative estimate of drug-likeness (QED) is 0.677. The van der Waals surface area contributed by atoms with Crippen molar-refractivity contribution in [3.63, 3.8) is 0 Å². The van der Waals surface area contributed by atoms with Crippen molar-refractivity contribution in [2.45, 2.75) is 19.4 Å². The van der Waals surface area contributed by atoms with E-state index in [-0.39, 0.29) is 42.0 Å². The Bertz CT molecular complexity index is 556. The first-order chi connectivity index (χ1) is 10.5. The maximum absolute atomic E-state index is 13.1. The summed E-state index contributed by atoms with van der Waals surface area (Å²) in [6.45, 7) is 3.24. The van der Waals surface area contributed by atoms with Crippen molar-refractivity contribution in [3.05, 3.63) is 35.6 Å². The van der Waals surface area contributed by atoms with Crippen LogP contribution < -0.4 is 10.6 Å². The Hall–Kier alpha value is -1.50. The third kappa shape index (κ3) is 5.57. The van der Waals surface area contributed by atoms with Gasteiger partial charge in [0, 0.05) is 43.5 Å². The Morgan fingerprint density at radius 3 is 2.78 bits per heavy atom. The first kappa shape index (κ1) is 19.5. The van der Waals surface area contributed by atoms with Crippen molar-refractivity contribution in [1.29, 1.82) is 0 Å². The van der Waals surface area contributed by atoms with Crippen LogP contribution in [0.1, 0.15) is 23.7 Å². The SMILES string of the molecule is CC(CC(=O)NCC1CNCC1O)C(=O)c1cccc(F)c1.Cl. The lowest BCUT2D eigenvalue weighted by molar-refractivity contribution is -0.121. The summed E-state index contributed by atoms with van der Waals surface area (Å²) in [4.78, 5) is 24.0. The molecule has 5 nitrogen and oxygen atoms in total. The fourth-order valence-corrected chi connectivity index (χ4v) is 2.54. The third-order valence-corrected chi connectivity index (χ3v) is 3.91. The zero-order valence-electron chi connectivity index (χ0n) is 12.9. The largest absolute Gasteiger partial charge is 0.391 e. The molecule has 3 N–H and O–H groups in total. The van der Waals surface area contributed by atoms with E-state index in [9.17, 15) is 19.1 Å². The molecule has 1 heterocycles. The van der Waals surface area contributed by atoms with E-state index in [0.717, 1.165) is 0 Å². The van der Waals surface area contributed by atoms with Crippen molar-refractivity contribution in [3.8, 4) is 0 Å². The van der Waals surface area contributed by atoms with E-state index in [1.54, 1.807) is 13.0 Å². The fraction of sp³-hybridized carbons (Fsp3) is 0.500. The summed E-state index contributed by atoms with van der Waals surface area (Å²) in [5.41, 5.74) is 0.274. The van der Waals surface area contributed by atoms with E-state index >= 15 is 0 Å². The Kier molecular flexibility index (Phi) is 7.61. The van der Waals surface area contributed by atoms with Crippen LogP contribution in [0.2, 0.25) is 0 Å². The molecule has 3 atom stereocenters. The fourth-order valence-electron chi connectivity index (χ4n) is 2.54. The molecule has 0 saturated carbocycles. The molecule has 0 aliphatic carbocycles. The number of aliphatic hydroxyl groups excluding tert-OH is 1. The summed E-state index contributed by atoms with van der Waals surface area (Å²) in [6.07, 6.45) is -0.405. The van der Waals surface area contributed by atoms with Gasteiger partial charge in [0.1, 0.15) is 5.82 Å². The zero-order valence-corrected chi connectivity index (χ0v) is 13.7. The molecular weight excluding hydrogens is 323 g/mol. The highest BCUT2D eigenvalue weighted by Gasteiger charge is 2.25. The number of Topliss-reactive ketones (excluding diaryl/α,β-unsaturated/α-hetero) is 1. The number of β-amino-alcohol motifs (C(OH)–C–C–N with tert-alkyl or cyclic N) is 1. The van der Waals surface area contributed by atoms with Crippen molar-refractivity contribution >= 4 is 24.1 Å². The van der Waals surface area contributed by atoms with Gasteiger partial charge < -0.3 is 15.7 Å². The lowest BCUT2D eigenvalue weighted by Crippen LogP contribution is -2.35. The molecular formula is C16H22ClFN2O3. The van der Waals surface area contributed by atoms with E-state index in [2.05, 4.69) is 10.6 Å². The van der Waals surface area contributed by atoms with Gasteiger partial charge in [-0.05, 0) is 12.1 Å². The highest BCUT2D eigenvalue weighted by molar-refractivity contribution is 5.99. The Morgan fingerprint density at radius 1 is 1.43 bits per heavy atom. The van der Waals surface area contributed by atoms with Crippen LogP contribution in [-0.2, 0) is 4.79 Å². The van der Waals surface area contributed by atoms with E-state index < -0.39 is 17.8 Å². The minimum Gasteiger partial charge on any atom is -0.391 e. The second-order valence-corrected chi connectivity index (χ2v) is 5.77. The summed E-state index contributed by atoms with van der Waals surface area (Å²) in [6, 6.07) is 5.47. The number of carbonyl (C=O) groups is 2. The van der Waals surface area contributed by atoms with Crippen LogP contribution in [0, 0.1) is 17.7 Å². The summed E-state index contributed by atoms with van der Waals surface area (Å²) >= 11 is 0. The molecule has 1 fully saturated rings. The molecule has 1 aliphatic rings. The van der Waals surface area contributed by atoms with Gasteiger partial charge in [-0.2, -0.15) is 0 Å². The van der Waals surface area contributed by atoms with Crippen LogP contribution in [0.5, 0.6) is 0 Å². The maximum atomic E-state index is 13.1. The van der Waals surface area contributed by atoms with E-state index in [1.807, 2.05) is 0 Å². The first-order valence-corrected chi connectivity index (χ1v) is 7.42. The summed E-state index contributed by atoms with van der Waals surface area (Å²) < 4.78 is 13.1. The van der Waals surface area contributed by atoms with Crippen LogP contribution in [0.25, 0.3) is 0 Å². The minimum absolute atomic E-state index is 0. The van der Waals surface area contributed by atoms with Crippen LogP contribution in [-0.4, -0.2) is 42.5 Å². The van der Waals surface area contributed by atoms with Crippen LogP contribution in [0.4, 0.5) is 4.39 Å². The van der Waals surface area contributed by atoms with Crippen molar-refractivity contribution in [2.75, 3.05) is 19.6 Å². The molecule has 1 saturated heterocycles. The monoisotopic (exact) mass is 344 g/mol. The molecule has 1 aliphatic heterocycles. The number of hydrogen-bond acceptors (Lipinski definition) is 4. The van der Waals surface area contributed by atoms with Gasteiger partial charge in [0.25, 0.3) is 0 Å². The number of aliphatic hydroxyl groups is 1. The first-order valence-electron chi connectivity index (χ1n) is 7.42. The van der Waals surface area contributed by atoms with E-state index in [4.69, 9.17) is 0 Å². The van der Waals surface area contributed by atoms with E-state index in [0.29, 0.717) is 19.6 Å². The number of amides is 1. The van der Waals surface area contributed by atoms with Gasteiger partial charge in [-0.3, -0.25) is 9.59 Å². The van der Waals surface area contributed by atoms with Crippen LogP contribution in [0.3, 0.4) is 0 Å². The highest BCUT2D eigenvalue weighted by Crippen LogP contribution is 2.14. The number of nitrogens with one attached hydrogen (secondary N) is 2. The number of benzene rings is 1. The summed E-state index contributed by atoms with van der Waals surface area (Å²) in [5, 5.41) is 15.4. The Labute approximate surface area is 141 Å². The number of hydrogen-bond donors (Lipinski definition) is 3. The summed E-state index contributed by atoms with van der Waals surface area (Å²) in [5.74, 6) is -1.48. The average molecular weight is 345 g/mol. The number of rotatable bonds is 6. The highest BCUT2D eigenvalue weighted by atomic mass is 35.5. The number of carbonyl (C=O) groups excluding carboxylic acids is 2. The topological polar surface area (TPSA) is 78.4 Å². The van der Waals surface area contributed by atoms with Crippen LogP contribution >= 0.6 is 12.4 Å². The van der Waals surface area contributed by atoms with Gasteiger partial charge >= 0.3 is 0 Å². The molecule has 1 aromatic carbocycles. The normalized spacial score (nSPS) is 21.3. The number of halogens is 2. The molecule has 128 valence electrons. The standard InChI is InChI=1S/C16H21FN2O3.ClH/c1-10(16(22)11-3-2-4-13(17)6-11)5-15(21)19-8-12-7-18-9-14(12)20;/h2-4,6,10,12,14,18,20H,5,7-9H2,1H3,(H,19,21);1H. The predicted molar refractivity (Wildman–Crippen MR) is 87.1 cm³/mol. The van der Waals surface area contributed by atoms with Gasteiger partial charge in [-0.25, -0.2) is 4.39 Å². The molecule has 1 aromatic rings. The maximum Gasteiger partial charge on any atom is 0.220 e. The second-order valence-electron chi connectivity index (χ2n) is 5.77. The minimum atomic E-state index is -0.520. The smallest absolute Gasteiger partial charge is 0.220 e. The van der Waals surface area contributed by atoms with Gasteiger partial charge in [0.05, 0.1) is 6.10 Å². The Morgan fingerprint density at radius 2 is 2.17 bits per heavy atom. The molecule has 1 amide bonds. The molecule has 7 heteroatoms. The van der Waals surface area contributed by atoms with Gasteiger partial charge in [-0.1, -0.05) is 19.1 Å². The molecule has 0 spiro atoms. The second kappa shape index (κ2) is 8.96. The Balaban J connectivity index is 0.00000264. The van der Waals surface area contributed by atoms with Gasteiger partial charge in [-0.15, -0.1) is 12.4 Å². The van der Waals surface area contributed by atoms with Crippen molar-refractivity contribution in [2.24, 2.45) is 11.8 Å². The van der Waals surface area contributed by atoms with E-state index in [1.165, 1.54) is 18.2 Å². The average Bonchev–Trinajstić information content (AvgIpc) is 2.89. The third-order valence-electron chi connectivity index (χ3n) is 3.91. The van der Waals surface area contributed by atoms with Gasteiger partial charge in [0.2, 0.25) is 5.91 Å². The summed E-state index contributed by atoms with van der Waals surface area (Å²) in [7, 11) is 0. The molecule has 0 radical (unpaired) electrons. The molecule has 23 heavy (non-hydrogen) atoms. The van der Waals surface area contributed by atoms with Crippen molar-refractivity contribution in [1.82, 2.24) is 10.6 Å². The molecule has 0 aromatic heterocycles.